The summed E-state index contributed by atoms with van der Waals surface area (Å²) in [6, 6.07) is 0. The number of allylic oxidation sites excluding steroid dienone is 3. The average Bonchev–Trinajstić information content (AvgIpc) is 2.53. The first-order chi connectivity index (χ1) is 7.80. The minimum absolute atomic E-state index is 0.679. The van der Waals surface area contributed by atoms with Gasteiger partial charge in [-0.15, -0.1) is 0 Å². The van der Waals surface area contributed by atoms with E-state index >= 15 is 0 Å². The van der Waals surface area contributed by atoms with Gasteiger partial charge in [-0.1, -0.05) is 19.1 Å². The van der Waals surface area contributed by atoms with Crippen LogP contribution in [0.1, 0.15) is 19.8 Å². The molecule has 3 nitrogen and oxygen atoms in total. The summed E-state index contributed by atoms with van der Waals surface area (Å²) in [4.78, 5) is 12.6. The zero-order valence-electron chi connectivity index (χ0n) is 9.98. The zero-order valence-corrected chi connectivity index (χ0v) is 9.98. The lowest BCUT2D eigenvalue weighted by Gasteiger charge is -2.16. The maximum absolute atomic E-state index is 10.8. The molecule has 0 radical (unpaired) electrons. The Kier molecular flexibility index (Phi) is 5.40. The van der Waals surface area contributed by atoms with Crippen LogP contribution in [-0.4, -0.2) is 31.5 Å². The second kappa shape index (κ2) is 6.88. The highest BCUT2D eigenvalue weighted by molar-refractivity contribution is 5.48. The van der Waals surface area contributed by atoms with E-state index in [9.17, 15) is 4.79 Å². The zero-order chi connectivity index (χ0) is 11.8. The second-order valence-electron chi connectivity index (χ2n) is 3.73. The van der Waals surface area contributed by atoms with Gasteiger partial charge in [-0.05, 0) is 30.6 Å². The first kappa shape index (κ1) is 12.6. The molecule has 1 aliphatic carbocycles. The van der Waals surface area contributed by atoms with Crippen molar-refractivity contribution < 1.29 is 9.53 Å². The van der Waals surface area contributed by atoms with Crippen molar-refractivity contribution in [3.8, 4) is 0 Å². The van der Waals surface area contributed by atoms with Gasteiger partial charge in [0.15, 0.2) is 0 Å². The highest BCUT2D eigenvalue weighted by atomic mass is 16.5. The van der Waals surface area contributed by atoms with Gasteiger partial charge in [-0.25, -0.2) is 0 Å². The second-order valence-corrected chi connectivity index (χ2v) is 3.73. The first-order valence-corrected chi connectivity index (χ1v) is 5.60. The molecule has 0 spiro atoms. The van der Waals surface area contributed by atoms with Gasteiger partial charge in [0.1, 0.15) is 5.76 Å². The third-order valence-corrected chi connectivity index (χ3v) is 2.44. The van der Waals surface area contributed by atoms with Crippen molar-refractivity contribution in [2.75, 3.05) is 20.2 Å². The number of hydrogen-bond acceptors (Lipinski definition) is 2. The van der Waals surface area contributed by atoms with Gasteiger partial charge in [-0.3, -0.25) is 4.79 Å². The van der Waals surface area contributed by atoms with E-state index in [0.29, 0.717) is 6.54 Å². The molecule has 0 unspecified atom stereocenters. The normalized spacial score (nSPS) is 14.9. The molecule has 88 valence electrons. The first-order valence-electron chi connectivity index (χ1n) is 5.60. The Morgan fingerprint density at radius 1 is 1.44 bits per heavy atom. The average molecular weight is 221 g/mol. The molecular weight excluding hydrogens is 202 g/mol. The van der Waals surface area contributed by atoms with Crippen molar-refractivity contribution in [2.24, 2.45) is 0 Å². The molecule has 0 aromatic rings. The molecule has 0 fully saturated rings. The molecule has 1 amide bonds. The Morgan fingerprint density at radius 2 is 2.25 bits per heavy atom. The van der Waals surface area contributed by atoms with E-state index in [1.54, 1.807) is 12.0 Å². The van der Waals surface area contributed by atoms with Crippen molar-refractivity contribution in [3.63, 3.8) is 0 Å². The van der Waals surface area contributed by atoms with Gasteiger partial charge in [-0.2, -0.15) is 0 Å². The van der Waals surface area contributed by atoms with Crippen LogP contribution in [0.5, 0.6) is 0 Å². The Morgan fingerprint density at radius 3 is 2.88 bits per heavy atom. The Bertz CT molecular complexity index is 316. The van der Waals surface area contributed by atoms with Gasteiger partial charge in [0.05, 0.1) is 7.11 Å². The number of carbonyl (C=O) groups is 1. The molecule has 0 aromatic heterocycles. The molecule has 0 saturated heterocycles. The van der Waals surface area contributed by atoms with E-state index in [-0.39, 0.29) is 0 Å². The van der Waals surface area contributed by atoms with E-state index in [1.807, 2.05) is 18.2 Å². The number of nitrogens with zero attached hydrogens (tertiary/aromatic N) is 1. The summed E-state index contributed by atoms with van der Waals surface area (Å²) in [6.45, 7) is 3.55. The van der Waals surface area contributed by atoms with Crippen LogP contribution in [0.2, 0.25) is 0 Å². The maximum atomic E-state index is 10.8. The minimum Gasteiger partial charge on any atom is -0.497 e. The van der Waals surface area contributed by atoms with E-state index in [4.69, 9.17) is 4.74 Å². The van der Waals surface area contributed by atoms with Crippen molar-refractivity contribution in [1.29, 1.82) is 0 Å². The quantitative estimate of drug-likeness (QED) is 0.644. The summed E-state index contributed by atoms with van der Waals surface area (Å²) in [6.07, 6.45) is 10.8. The molecule has 0 aliphatic heterocycles. The molecular formula is C13H19NO2. The van der Waals surface area contributed by atoms with Crippen LogP contribution in [-0.2, 0) is 9.53 Å². The third kappa shape index (κ3) is 3.93. The predicted octanol–water partition coefficient (Wildman–Crippen LogP) is 2.27. The lowest BCUT2D eigenvalue weighted by molar-refractivity contribution is -0.117. The molecule has 0 aromatic carbocycles. The van der Waals surface area contributed by atoms with Crippen LogP contribution in [0, 0.1) is 0 Å². The van der Waals surface area contributed by atoms with Gasteiger partial charge >= 0.3 is 0 Å². The predicted molar refractivity (Wildman–Crippen MR) is 64.9 cm³/mol. The van der Waals surface area contributed by atoms with Gasteiger partial charge in [0, 0.05) is 13.1 Å². The van der Waals surface area contributed by atoms with Crippen LogP contribution < -0.4 is 0 Å². The lowest BCUT2D eigenvalue weighted by Crippen LogP contribution is -2.24. The van der Waals surface area contributed by atoms with Crippen LogP contribution in [0.4, 0.5) is 0 Å². The molecule has 0 heterocycles. The molecule has 0 N–H and O–H groups in total. The lowest BCUT2D eigenvalue weighted by atomic mass is 10.2. The fourth-order valence-corrected chi connectivity index (χ4v) is 1.61. The highest BCUT2D eigenvalue weighted by Crippen LogP contribution is 2.11. The molecule has 0 bridgehead atoms. The van der Waals surface area contributed by atoms with Crippen molar-refractivity contribution in [3.05, 3.63) is 35.6 Å². The fourth-order valence-electron chi connectivity index (χ4n) is 1.61. The summed E-state index contributed by atoms with van der Waals surface area (Å²) in [5.41, 5.74) is 1.16. The van der Waals surface area contributed by atoms with E-state index in [2.05, 4.69) is 13.0 Å². The summed E-state index contributed by atoms with van der Waals surface area (Å²) < 4.78 is 5.16. The van der Waals surface area contributed by atoms with E-state index < -0.39 is 0 Å². The third-order valence-electron chi connectivity index (χ3n) is 2.44. The van der Waals surface area contributed by atoms with Crippen LogP contribution in [0.15, 0.2) is 35.6 Å². The summed E-state index contributed by atoms with van der Waals surface area (Å²) >= 11 is 0. The maximum Gasteiger partial charge on any atom is 0.210 e. The van der Waals surface area contributed by atoms with Crippen molar-refractivity contribution >= 4 is 6.41 Å². The Labute approximate surface area is 97.1 Å². The topological polar surface area (TPSA) is 29.5 Å². The van der Waals surface area contributed by atoms with Crippen molar-refractivity contribution in [2.45, 2.75) is 19.8 Å². The minimum atomic E-state index is 0.679. The summed E-state index contributed by atoms with van der Waals surface area (Å²) in [7, 11) is 1.66. The van der Waals surface area contributed by atoms with Crippen LogP contribution in [0.25, 0.3) is 0 Å². The van der Waals surface area contributed by atoms with E-state index in [0.717, 1.165) is 37.1 Å². The summed E-state index contributed by atoms with van der Waals surface area (Å²) in [5, 5.41) is 0. The Hall–Kier alpha value is -1.51. The monoisotopic (exact) mass is 221 g/mol. The molecule has 0 atom stereocenters. The smallest absolute Gasteiger partial charge is 0.210 e. The number of carbonyl (C=O) groups excluding carboxylic acids is 1. The van der Waals surface area contributed by atoms with Gasteiger partial charge in [0.2, 0.25) is 6.41 Å². The standard InChI is InChI=1S/C13H19NO2/c1-3-9-14(11-15)10-12-5-4-6-13(16-2)8-7-12/h5-8,11H,3-4,9-10H2,1-2H3. The molecule has 0 saturated carbocycles. The number of ether oxygens (including phenoxy) is 1. The number of amides is 1. The fraction of sp³-hybridized carbons (Fsp3) is 0.462. The molecule has 1 aliphatic rings. The number of methoxy groups -OCH3 is 1. The number of rotatable bonds is 6. The van der Waals surface area contributed by atoms with Crippen molar-refractivity contribution in [1.82, 2.24) is 4.90 Å². The highest BCUT2D eigenvalue weighted by Gasteiger charge is 2.04. The Balaban J connectivity index is 2.56. The van der Waals surface area contributed by atoms with Gasteiger partial charge in [0.25, 0.3) is 0 Å². The van der Waals surface area contributed by atoms with Gasteiger partial charge < -0.3 is 9.64 Å². The summed E-state index contributed by atoms with van der Waals surface area (Å²) in [5.74, 6) is 0.874. The van der Waals surface area contributed by atoms with E-state index in [1.165, 1.54) is 0 Å². The molecule has 1 rings (SSSR count). The molecule has 3 heteroatoms. The largest absolute Gasteiger partial charge is 0.497 e. The SMILES string of the molecule is CCCN(C=O)CC1=CCC=C(OC)C=C1. The number of hydrogen-bond donors (Lipinski definition) is 0. The van der Waals surface area contributed by atoms with Crippen LogP contribution in [0.3, 0.4) is 0 Å². The molecule has 16 heavy (non-hydrogen) atoms. The van der Waals surface area contributed by atoms with Crippen LogP contribution >= 0.6 is 0 Å².